The molecule has 0 aliphatic heterocycles. The maximum Gasteiger partial charge on any atom is 0.137 e. The number of hydrogen-bond acceptors (Lipinski definition) is 1. The zero-order valence-electron chi connectivity index (χ0n) is 10.8. The van der Waals surface area contributed by atoms with Gasteiger partial charge in [-0.15, -0.1) is 11.6 Å². The number of aromatic nitrogens is 2. The molecule has 5 heteroatoms. The van der Waals surface area contributed by atoms with Crippen LogP contribution < -0.4 is 0 Å². The lowest BCUT2D eigenvalue weighted by molar-refractivity contribution is 0.626. The molecule has 0 fully saturated rings. The minimum absolute atomic E-state index is 0.363. The van der Waals surface area contributed by atoms with E-state index in [9.17, 15) is 0 Å². The molecule has 2 aromatic rings. The predicted octanol–water partition coefficient (Wildman–Crippen LogP) is 5.12. The zero-order chi connectivity index (χ0) is 14.0. The first-order valence-electron chi connectivity index (χ1n) is 6.11. The van der Waals surface area contributed by atoms with Gasteiger partial charge < -0.3 is 0 Å². The van der Waals surface area contributed by atoms with Gasteiger partial charge in [0.2, 0.25) is 0 Å². The Kier molecular flexibility index (Phi) is 4.77. The van der Waals surface area contributed by atoms with E-state index >= 15 is 0 Å². The van der Waals surface area contributed by atoms with Gasteiger partial charge in [-0.3, -0.25) is 0 Å². The van der Waals surface area contributed by atoms with Crippen LogP contribution >= 0.6 is 34.8 Å². The lowest BCUT2D eigenvalue weighted by atomic mass is 10.1. The molecule has 0 N–H and O–H groups in total. The molecule has 0 unspecified atom stereocenters. The number of rotatable bonds is 4. The van der Waals surface area contributed by atoms with E-state index in [-0.39, 0.29) is 0 Å². The van der Waals surface area contributed by atoms with Crippen molar-refractivity contribution in [2.24, 2.45) is 5.92 Å². The summed E-state index contributed by atoms with van der Waals surface area (Å²) in [6, 6.07) is 7.44. The minimum Gasteiger partial charge on any atom is -0.222 e. The standard InChI is InChI=1S/C14H15Cl3N2/c1-9(2)6-13-12(8-15)14(17)19(18-13)11-5-3-4-10(16)7-11/h3-5,7,9H,6,8H2,1-2H3. The van der Waals surface area contributed by atoms with E-state index in [1.807, 2.05) is 24.3 Å². The van der Waals surface area contributed by atoms with Crippen LogP contribution in [0.4, 0.5) is 0 Å². The summed E-state index contributed by atoms with van der Waals surface area (Å²) < 4.78 is 1.70. The molecule has 2 rings (SSSR count). The number of halogens is 3. The highest BCUT2D eigenvalue weighted by atomic mass is 35.5. The fourth-order valence-corrected chi connectivity index (χ4v) is 2.78. The molecule has 102 valence electrons. The normalized spacial score (nSPS) is 11.3. The molecule has 0 bridgehead atoms. The van der Waals surface area contributed by atoms with Gasteiger partial charge in [0.25, 0.3) is 0 Å². The molecule has 1 heterocycles. The second-order valence-corrected chi connectivity index (χ2v) is 5.90. The molecular formula is C14H15Cl3N2. The van der Waals surface area contributed by atoms with Crippen LogP contribution in [-0.4, -0.2) is 9.78 Å². The highest BCUT2D eigenvalue weighted by Gasteiger charge is 2.17. The van der Waals surface area contributed by atoms with Crippen molar-refractivity contribution in [2.45, 2.75) is 26.1 Å². The van der Waals surface area contributed by atoms with Crippen molar-refractivity contribution in [3.63, 3.8) is 0 Å². The van der Waals surface area contributed by atoms with Gasteiger partial charge in [-0.25, -0.2) is 4.68 Å². The van der Waals surface area contributed by atoms with Crippen molar-refractivity contribution in [2.75, 3.05) is 0 Å². The molecule has 0 aliphatic carbocycles. The summed E-state index contributed by atoms with van der Waals surface area (Å²) in [7, 11) is 0. The average Bonchev–Trinajstić information content (AvgIpc) is 2.65. The molecule has 19 heavy (non-hydrogen) atoms. The summed E-state index contributed by atoms with van der Waals surface area (Å²) in [6.45, 7) is 4.29. The van der Waals surface area contributed by atoms with Crippen LogP contribution in [0.15, 0.2) is 24.3 Å². The Bertz CT molecular complexity index is 576. The van der Waals surface area contributed by atoms with Crippen LogP contribution in [0.2, 0.25) is 10.2 Å². The van der Waals surface area contributed by atoms with E-state index in [0.717, 1.165) is 23.4 Å². The topological polar surface area (TPSA) is 17.8 Å². The van der Waals surface area contributed by atoms with Gasteiger partial charge in [-0.1, -0.05) is 43.1 Å². The molecule has 0 aliphatic rings. The monoisotopic (exact) mass is 316 g/mol. The molecule has 2 nitrogen and oxygen atoms in total. The van der Waals surface area contributed by atoms with Gasteiger partial charge in [0.05, 0.1) is 17.3 Å². The van der Waals surface area contributed by atoms with Crippen molar-refractivity contribution in [1.82, 2.24) is 9.78 Å². The Hall–Kier alpha value is -0.700. The largest absolute Gasteiger partial charge is 0.222 e. The van der Waals surface area contributed by atoms with Crippen molar-refractivity contribution in [3.05, 3.63) is 45.7 Å². The van der Waals surface area contributed by atoms with E-state index in [4.69, 9.17) is 34.8 Å². The Morgan fingerprint density at radius 1 is 1.26 bits per heavy atom. The number of alkyl halides is 1. The van der Waals surface area contributed by atoms with Crippen LogP contribution in [0.5, 0.6) is 0 Å². The van der Waals surface area contributed by atoms with Crippen LogP contribution in [-0.2, 0) is 12.3 Å². The summed E-state index contributed by atoms with van der Waals surface area (Å²) in [4.78, 5) is 0. The number of nitrogens with zero attached hydrogens (tertiary/aromatic N) is 2. The first-order chi connectivity index (χ1) is 9.02. The lowest BCUT2D eigenvalue weighted by Crippen LogP contribution is -2.00. The van der Waals surface area contributed by atoms with Crippen molar-refractivity contribution in [1.29, 1.82) is 0 Å². The Balaban J connectivity index is 2.49. The summed E-state index contributed by atoms with van der Waals surface area (Å²) in [5.74, 6) is 0.863. The van der Waals surface area contributed by atoms with Crippen LogP contribution in [0.25, 0.3) is 5.69 Å². The predicted molar refractivity (Wildman–Crippen MR) is 81.7 cm³/mol. The molecule has 1 aromatic carbocycles. The molecule has 0 spiro atoms. The van der Waals surface area contributed by atoms with Crippen molar-refractivity contribution >= 4 is 34.8 Å². The number of benzene rings is 1. The smallest absolute Gasteiger partial charge is 0.137 e. The van der Waals surface area contributed by atoms with E-state index < -0.39 is 0 Å². The third kappa shape index (κ3) is 3.25. The fourth-order valence-electron chi connectivity index (χ4n) is 1.93. The maximum atomic E-state index is 6.37. The van der Waals surface area contributed by atoms with Gasteiger partial charge in [-0.05, 0) is 30.5 Å². The molecular weight excluding hydrogens is 303 g/mol. The third-order valence-corrected chi connectivity index (χ3v) is 3.68. The molecule has 1 aromatic heterocycles. The summed E-state index contributed by atoms with van der Waals surface area (Å²) in [5, 5.41) is 5.79. The fraction of sp³-hybridized carbons (Fsp3) is 0.357. The zero-order valence-corrected chi connectivity index (χ0v) is 13.1. The summed E-state index contributed by atoms with van der Waals surface area (Å²) in [6.07, 6.45) is 0.856. The summed E-state index contributed by atoms with van der Waals surface area (Å²) >= 11 is 18.4. The van der Waals surface area contributed by atoms with Crippen molar-refractivity contribution in [3.8, 4) is 5.69 Å². The number of hydrogen-bond donors (Lipinski definition) is 0. The van der Waals surface area contributed by atoms with Gasteiger partial charge in [0, 0.05) is 10.6 Å². The SMILES string of the molecule is CC(C)Cc1nn(-c2cccc(Cl)c2)c(Cl)c1CCl. The highest BCUT2D eigenvalue weighted by molar-refractivity contribution is 6.32. The van der Waals surface area contributed by atoms with Gasteiger partial charge in [-0.2, -0.15) is 5.10 Å². The molecule has 0 atom stereocenters. The second-order valence-electron chi connectivity index (χ2n) is 4.84. The minimum atomic E-state index is 0.363. The van der Waals surface area contributed by atoms with Gasteiger partial charge in [0.1, 0.15) is 5.15 Å². The molecule has 0 radical (unpaired) electrons. The first-order valence-corrected chi connectivity index (χ1v) is 7.40. The van der Waals surface area contributed by atoms with E-state index in [1.165, 1.54) is 0 Å². The molecule has 0 amide bonds. The van der Waals surface area contributed by atoms with Crippen LogP contribution in [0, 0.1) is 5.92 Å². The summed E-state index contributed by atoms with van der Waals surface area (Å²) in [5.41, 5.74) is 2.70. The Morgan fingerprint density at radius 3 is 2.58 bits per heavy atom. The average molecular weight is 318 g/mol. The third-order valence-electron chi connectivity index (χ3n) is 2.79. The quantitative estimate of drug-likeness (QED) is 0.716. The molecule has 0 saturated carbocycles. The van der Waals surface area contributed by atoms with Crippen LogP contribution in [0.3, 0.4) is 0 Å². The van der Waals surface area contributed by atoms with Gasteiger partial charge in [0.15, 0.2) is 0 Å². The van der Waals surface area contributed by atoms with Crippen molar-refractivity contribution < 1.29 is 0 Å². The highest BCUT2D eigenvalue weighted by Crippen LogP contribution is 2.27. The second kappa shape index (κ2) is 6.17. The van der Waals surface area contributed by atoms with E-state index in [0.29, 0.717) is 22.0 Å². The van der Waals surface area contributed by atoms with Gasteiger partial charge >= 0.3 is 0 Å². The first kappa shape index (κ1) is 14.7. The molecule has 0 saturated heterocycles. The Labute approximate surface area is 128 Å². The van der Waals surface area contributed by atoms with Crippen LogP contribution in [0.1, 0.15) is 25.1 Å². The van der Waals surface area contributed by atoms with E-state index in [2.05, 4.69) is 18.9 Å². The Morgan fingerprint density at radius 2 is 2.00 bits per heavy atom. The van der Waals surface area contributed by atoms with E-state index in [1.54, 1.807) is 4.68 Å². The lowest BCUT2D eigenvalue weighted by Gasteiger charge is -2.03. The maximum absolute atomic E-state index is 6.37.